The summed E-state index contributed by atoms with van der Waals surface area (Å²) in [7, 11) is 0. The third-order valence-electron chi connectivity index (χ3n) is 4.12. The first-order chi connectivity index (χ1) is 13.6. The van der Waals surface area contributed by atoms with Gasteiger partial charge in [0.15, 0.2) is 0 Å². The van der Waals surface area contributed by atoms with E-state index in [-0.39, 0.29) is 18.4 Å². The first kappa shape index (κ1) is 19.0. The maximum absolute atomic E-state index is 12.4. The summed E-state index contributed by atoms with van der Waals surface area (Å²) < 4.78 is 0. The van der Waals surface area contributed by atoms with E-state index in [0.29, 0.717) is 11.3 Å². The fourth-order valence-electron chi connectivity index (χ4n) is 2.69. The van der Waals surface area contributed by atoms with Gasteiger partial charge in [-0.15, -0.1) is 0 Å². The molecule has 0 bridgehead atoms. The molecule has 0 spiro atoms. The van der Waals surface area contributed by atoms with Crippen molar-refractivity contribution in [2.75, 3.05) is 6.54 Å². The van der Waals surface area contributed by atoms with Crippen molar-refractivity contribution >= 4 is 34.4 Å². The van der Waals surface area contributed by atoms with E-state index in [1.807, 2.05) is 78.9 Å². The molecule has 5 nitrogen and oxygen atoms in total. The van der Waals surface area contributed by atoms with E-state index in [1.54, 1.807) is 13.0 Å². The smallest absolute Gasteiger partial charge is 0.259 e. The molecule has 0 heterocycles. The topological polar surface area (TPSA) is 70.6 Å². The van der Waals surface area contributed by atoms with Crippen molar-refractivity contribution in [3.63, 3.8) is 0 Å². The zero-order valence-electron chi connectivity index (χ0n) is 15.6. The number of rotatable bonds is 6. The van der Waals surface area contributed by atoms with Gasteiger partial charge in [0.1, 0.15) is 0 Å². The molecule has 0 radical (unpaired) electrons. The second kappa shape index (κ2) is 9.28. The van der Waals surface area contributed by atoms with Crippen LogP contribution in [0.2, 0.25) is 0 Å². The number of fused-ring (bicyclic) bond motifs is 1. The molecule has 28 heavy (non-hydrogen) atoms. The largest absolute Gasteiger partial charge is 0.343 e. The summed E-state index contributed by atoms with van der Waals surface area (Å²) in [4.78, 5) is 24.4. The average molecular weight is 371 g/mol. The van der Waals surface area contributed by atoms with Crippen molar-refractivity contribution < 1.29 is 9.59 Å². The predicted molar refractivity (Wildman–Crippen MR) is 113 cm³/mol. The molecular formula is C23H21N3O2. The fraction of sp³-hybridized carbons (Fsp3) is 0.0870. The standard InChI is InChI=1S/C23H21N3O2/c1-17(14-15-18-8-3-2-4-9-18)25-26-22(27)16-24-23(28)21-13-7-11-19-10-5-6-12-20(19)21/h2-15H,16H2,1H3,(H,24,28)(H,26,27)/b15-14+,25-17+. The monoisotopic (exact) mass is 371 g/mol. The van der Waals surface area contributed by atoms with E-state index in [0.717, 1.165) is 16.3 Å². The third-order valence-corrected chi connectivity index (χ3v) is 4.12. The maximum atomic E-state index is 12.4. The Kier molecular flexibility index (Phi) is 6.31. The Morgan fingerprint density at radius 3 is 2.46 bits per heavy atom. The van der Waals surface area contributed by atoms with Gasteiger partial charge in [-0.2, -0.15) is 5.10 Å². The number of allylic oxidation sites excluding steroid dienone is 1. The molecule has 2 N–H and O–H groups in total. The molecule has 0 aliphatic rings. The van der Waals surface area contributed by atoms with Crippen molar-refractivity contribution in [2.45, 2.75) is 6.92 Å². The Bertz CT molecular complexity index is 1030. The van der Waals surface area contributed by atoms with Crippen LogP contribution in [0, 0.1) is 0 Å². The molecule has 3 rings (SSSR count). The van der Waals surface area contributed by atoms with Crippen LogP contribution in [-0.4, -0.2) is 24.1 Å². The fourth-order valence-corrected chi connectivity index (χ4v) is 2.69. The van der Waals surface area contributed by atoms with Crippen molar-refractivity contribution in [2.24, 2.45) is 5.10 Å². The number of nitrogens with one attached hydrogen (secondary N) is 2. The molecule has 0 saturated carbocycles. The minimum atomic E-state index is -0.388. The van der Waals surface area contributed by atoms with E-state index >= 15 is 0 Å². The van der Waals surface area contributed by atoms with Gasteiger partial charge in [0.05, 0.1) is 12.3 Å². The molecule has 140 valence electrons. The molecule has 0 aromatic heterocycles. The zero-order chi connectivity index (χ0) is 19.8. The highest BCUT2D eigenvalue weighted by atomic mass is 16.2. The van der Waals surface area contributed by atoms with E-state index in [9.17, 15) is 9.59 Å². The van der Waals surface area contributed by atoms with Crippen molar-refractivity contribution in [1.29, 1.82) is 0 Å². The van der Waals surface area contributed by atoms with Gasteiger partial charge in [-0.1, -0.05) is 72.8 Å². The summed E-state index contributed by atoms with van der Waals surface area (Å²) in [6.45, 7) is 1.63. The van der Waals surface area contributed by atoms with Crippen LogP contribution in [0.5, 0.6) is 0 Å². The number of hydrazone groups is 1. The molecule has 5 heteroatoms. The minimum Gasteiger partial charge on any atom is -0.343 e. The molecule has 0 fully saturated rings. The van der Waals surface area contributed by atoms with Crippen LogP contribution in [0.3, 0.4) is 0 Å². The van der Waals surface area contributed by atoms with Crippen LogP contribution >= 0.6 is 0 Å². The molecular weight excluding hydrogens is 350 g/mol. The first-order valence-corrected chi connectivity index (χ1v) is 8.96. The number of amides is 2. The molecule has 3 aromatic rings. The second-order valence-corrected chi connectivity index (χ2v) is 6.24. The van der Waals surface area contributed by atoms with Crippen LogP contribution < -0.4 is 10.7 Å². The Morgan fingerprint density at radius 2 is 1.64 bits per heavy atom. The van der Waals surface area contributed by atoms with Gasteiger partial charge in [-0.05, 0) is 35.4 Å². The van der Waals surface area contributed by atoms with Crippen LogP contribution in [0.4, 0.5) is 0 Å². The Balaban J connectivity index is 1.53. The van der Waals surface area contributed by atoms with Crippen molar-refractivity contribution in [3.05, 3.63) is 90.0 Å². The highest BCUT2D eigenvalue weighted by Gasteiger charge is 2.10. The van der Waals surface area contributed by atoms with E-state index in [2.05, 4.69) is 15.8 Å². The molecule has 0 saturated heterocycles. The van der Waals surface area contributed by atoms with Crippen molar-refractivity contribution in [3.8, 4) is 0 Å². The summed E-state index contributed by atoms with van der Waals surface area (Å²) in [5.41, 5.74) is 4.68. The van der Waals surface area contributed by atoms with Crippen LogP contribution in [-0.2, 0) is 4.79 Å². The summed E-state index contributed by atoms with van der Waals surface area (Å²) in [6, 6.07) is 22.9. The number of benzene rings is 3. The van der Waals surface area contributed by atoms with Crippen LogP contribution in [0.25, 0.3) is 16.8 Å². The summed E-state index contributed by atoms with van der Waals surface area (Å²) >= 11 is 0. The molecule has 0 unspecified atom stereocenters. The summed E-state index contributed by atoms with van der Waals surface area (Å²) in [5, 5.41) is 8.48. The second-order valence-electron chi connectivity index (χ2n) is 6.24. The highest BCUT2D eigenvalue weighted by molar-refractivity contribution is 6.07. The number of nitrogens with zero attached hydrogens (tertiary/aromatic N) is 1. The number of hydrogen-bond donors (Lipinski definition) is 2. The Hall–Kier alpha value is -3.73. The van der Waals surface area contributed by atoms with Gasteiger partial charge in [0, 0.05) is 5.56 Å². The van der Waals surface area contributed by atoms with Gasteiger partial charge >= 0.3 is 0 Å². The van der Waals surface area contributed by atoms with Crippen LogP contribution in [0.15, 0.2) is 84.0 Å². The number of hydrogen-bond acceptors (Lipinski definition) is 3. The zero-order valence-corrected chi connectivity index (χ0v) is 15.6. The molecule has 0 atom stereocenters. The van der Waals surface area contributed by atoms with E-state index in [4.69, 9.17) is 0 Å². The SMILES string of the molecule is CC(/C=C/c1ccccc1)=N\NC(=O)CNC(=O)c1cccc2ccccc12. The van der Waals surface area contributed by atoms with Gasteiger partial charge in [-0.25, -0.2) is 5.43 Å². The predicted octanol–water partition coefficient (Wildman–Crippen LogP) is 3.78. The van der Waals surface area contributed by atoms with Gasteiger partial charge in [0.2, 0.25) is 0 Å². The number of carbonyl (C=O) groups excluding carboxylic acids is 2. The van der Waals surface area contributed by atoms with Crippen LogP contribution in [0.1, 0.15) is 22.8 Å². The average Bonchev–Trinajstić information content (AvgIpc) is 2.74. The normalized spacial score (nSPS) is 11.5. The van der Waals surface area contributed by atoms with Gasteiger partial charge in [0.25, 0.3) is 11.8 Å². The van der Waals surface area contributed by atoms with Gasteiger partial charge in [-0.3, -0.25) is 9.59 Å². The lowest BCUT2D eigenvalue weighted by molar-refractivity contribution is -0.120. The molecule has 0 aliphatic carbocycles. The lowest BCUT2D eigenvalue weighted by Crippen LogP contribution is -2.35. The van der Waals surface area contributed by atoms with E-state index in [1.165, 1.54) is 0 Å². The van der Waals surface area contributed by atoms with E-state index < -0.39 is 0 Å². The lowest BCUT2D eigenvalue weighted by atomic mass is 10.0. The Labute approximate surface area is 163 Å². The first-order valence-electron chi connectivity index (χ1n) is 8.96. The molecule has 3 aromatic carbocycles. The molecule has 0 aliphatic heterocycles. The number of carbonyl (C=O) groups is 2. The quantitative estimate of drug-likeness (QED) is 0.511. The highest BCUT2D eigenvalue weighted by Crippen LogP contribution is 2.18. The summed E-state index contributed by atoms with van der Waals surface area (Å²) in [5.74, 6) is -0.683. The molecule has 2 amide bonds. The summed E-state index contributed by atoms with van der Waals surface area (Å²) in [6.07, 6.45) is 3.72. The third kappa shape index (κ3) is 5.14. The Morgan fingerprint density at radius 1 is 0.929 bits per heavy atom. The minimum absolute atomic E-state index is 0.152. The van der Waals surface area contributed by atoms with Crippen molar-refractivity contribution in [1.82, 2.24) is 10.7 Å². The maximum Gasteiger partial charge on any atom is 0.259 e. The van der Waals surface area contributed by atoms with Gasteiger partial charge < -0.3 is 5.32 Å². The lowest BCUT2D eigenvalue weighted by Gasteiger charge is -2.07.